The van der Waals surface area contributed by atoms with Crippen molar-refractivity contribution in [3.8, 4) is 0 Å². The third kappa shape index (κ3) is 4.46. The molecule has 27 heavy (non-hydrogen) atoms. The number of hydrogen-bond acceptors (Lipinski definition) is 4. The summed E-state index contributed by atoms with van der Waals surface area (Å²) >= 11 is 0. The van der Waals surface area contributed by atoms with E-state index in [0.717, 1.165) is 58.4 Å². The van der Waals surface area contributed by atoms with Crippen LogP contribution < -0.4 is 4.90 Å². The highest BCUT2D eigenvalue weighted by Gasteiger charge is 2.29. The first-order valence-corrected chi connectivity index (χ1v) is 10.8. The van der Waals surface area contributed by atoms with Crippen molar-refractivity contribution in [3.63, 3.8) is 0 Å². The standard InChI is InChI=1S/C22H34N4O/c1-19-6-2-5-9-21(19)25-12-10-23(11-13-25)18-22(27)26-16-14-24(15-17-26)20-7-3-4-8-20/h2,5-6,9,20H,3-4,7-8,10-18H2,1H3. The number of hydrogen-bond donors (Lipinski definition) is 0. The first-order valence-electron chi connectivity index (χ1n) is 10.8. The molecule has 0 atom stereocenters. The van der Waals surface area contributed by atoms with E-state index < -0.39 is 0 Å². The molecule has 3 aliphatic rings. The first kappa shape index (κ1) is 18.8. The van der Waals surface area contributed by atoms with Crippen LogP contribution in [-0.4, -0.2) is 85.6 Å². The van der Waals surface area contributed by atoms with Gasteiger partial charge in [-0.25, -0.2) is 0 Å². The number of anilines is 1. The van der Waals surface area contributed by atoms with Gasteiger partial charge in [0.15, 0.2) is 0 Å². The molecule has 5 heteroatoms. The summed E-state index contributed by atoms with van der Waals surface area (Å²) < 4.78 is 0. The quantitative estimate of drug-likeness (QED) is 0.813. The maximum Gasteiger partial charge on any atom is 0.236 e. The SMILES string of the molecule is Cc1ccccc1N1CCN(CC(=O)N2CCN(C3CCCC3)CC2)CC1. The predicted octanol–water partition coefficient (Wildman–Crippen LogP) is 2.20. The highest BCUT2D eigenvalue weighted by molar-refractivity contribution is 5.78. The van der Waals surface area contributed by atoms with Gasteiger partial charge in [0.2, 0.25) is 5.91 Å². The van der Waals surface area contributed by atoms with Gasteiger partial charge >= 0.3 is 0 Å². The topological polar surface area (TPSA) is 30.0 Å². The number of nitrogens with zero attached hydrogens (tertiary/aromatic N) is 4. The minimum atomic E-state index is 0.324. The van der Waals surface area contributed by atoms with Gasteiger partial charge < -0.3 is 9.80 Å². The van der Waals surface area contributed by atoms with Crippen LogP contribution in [0.3, 0.4) is 0 Å². The Hall–Kier alpha value is -1.59. The number of benzene rings is 1. The molecular weight excluding hydrogens is 336 g/mol. The molecule has 1 aromatic carbocycles. The van der Waals surface area contributed by atoms with E-state index in [1.54, 1.807) is 0 Å². The van der Waals surface area contributed by atoms with Gasteiger partial charge in [0.25, 0.3) is 0 Å². The molecule has 0 spiro atoms. The number of amides is 1. The lowest BCUT2D eigenvalue weighted by Crippen LogP contribution is -2.55. The van der Waals surface area contributed by atoms with Crippen molar-refractivity contribution in [3.05, 3.63) is 29.8 Å². The van der Waals surface area contributed by atoms with Crippen LogP contribution in [-0.2, 0) is 4.79 Å². The summed E-state index contributed by atoms with van der Waals surface area (Å²) in [5.41, 5.74) is 2.67. The van der Waals surface area contributed by atoms with E-state index in [0.29, 0.717) is 12.5 Å². The molecule has 3 fully saturated rings. The minimum absolute atomic E-state index is 0.324. The Morgan fingerprint density at radius 3 is 2.26 bits per heavy atom. The molecule has 1 aromatic rings. The third-order valence-corrected chi connectivity index (χ3v) is 6.70. The Labute approximate surface area is 163 Å². The molecule has 1 amide bonds. The van der Waals surface area contributed by atoms with E-state index in [4.69, 9.17) is 0 Å². The lowest BCUT2D eigenvalue weighted by molar-refractivity contribution is -0.134. The van der Waals surface area contributed by atoms with Gasteiger partial charge in [-0.3, -0.25) is 14.6 Å². The average molecular weight is 371 g/mol. The summed E-state index contributed by atoms with van der Waals surface area (Å²) in [6.07, 6.45) is 5.49. The van der Waals surface area contributed by atoms with Crippen molar-refractivity contribution >= 4 is 11.6 Å². The van der Waals surface area contributed by atoms with Gasteiger partial charge in [-0.15, -0.1) is 0 Å². The fraction of sp³-hybridized carbons (Fsp3) is 0.682. The van der Waals surface area contributed by atoms with Gasteiger partial charge in [-0.1, -0.05) is 31.0 Å². The van der Waals surface area contributed by atoms with Crippen molar-refractivity contribution in [1.29, 1.82) is 0 Å². The second kappa shape index (κ2) is 8.61. The van der Waals surface area contributed by atoms with Crippen LogP contribution in [0.25, 0.3) is 0 Å². The number of carbonyl (C=O) groups excluding carboxylic acids is 1. The van der Waals surface area contributed by atoms with Crippen molar-refractivity contribution in [2.45, 2.75) is 38.6 Å². The normalized spacial score (nSPS) is 23.1. The lowest BCUT2D eigenvalue weighted by Gasteiger charge is -2.40. The number of piperazine rings is 2. The maximum atomic E-state index is 12.8. The highest BCUT2D eigenvalue weighted by Crippen LogP contribution is 2.24. The maximum absolute atomic E-state index is 12.8. The smallest absolute Gasteiger partial charge is 0.236 e. The van der Waals surface area contributed by atoms with Gasteiger partial charge in [-0.05, 0) is 31.4 Å². The fourth-order valence-corrected chi connectivity index (χ4v) is 4.96. The van der Waals surface area contributed by atoms with Crippen LogP contribution in [0, 0.1) is 6.92 Å². The lowest BCUT2D eigenvalue weighted by atomic mass is 10.1. The monoisotopic (exact) mass is 370 g/mol. The zero-order valence-electron chi connectivity index (χ0n) is 16.8. The molecule has 0 aromatic heterocycles. The largest absolute Gasteiger partial charge is 0.369 e. The van der Waals surface area contributed by atoms with E-state index >= 15 is 0 Å². The van der Waals surface area contributed by atoms with Crippen molar-refractivity contribution < 1.29 is 4.79 Å². The molecule has 148 valence electrons. The second-order valence-corrected chi connectivity index (χ2v) is 8.40. The molecule has 0 radical (unpaired) electrons. The summed E-state index contributed by atoms with van der Waals surface area (Å²) in [6.45, 7) is 10.7. The Bertz CT molecular complexity index is 627. The molecule has 2 aliphatic heterocycles. The summed E-state index contributed by atoms with van der Waals surface area (Å²) in [6, 6.07) is 9.39. The molecule has 0 N–H and O–H groups in total. The molecule has 4 rings (SSSR count). The number of carbonyl (C=O) groups is 1. The van der Waals surface area contributed by atoms with Crippen LogP contribution in [0.4, 0.5) is 5.69 Å². The van der Waals surface area contributed by atoms with E-state index in [-0.39, 0.29) is 0 Å². The van der Waals surface area contributed by atoms with E-state index in [1.165, 1.54) is 36.9 Å². The molecule has 5 nitrogen and oxygen atoms in total. The molecule has 1 aliphatic carbocycles. The van der Waals surface area contributed by atoms with Gasteiger partial charge in [-0.2, -0.15) is 0 Å². The zero-order valence-corrected chi connectivity index (χ0v) is 16.8. The van der Waals surface area contributed by atoms with Crippen LogP contribution >= 0.6 is 0 Å². The number of rotatable bonds is 4. The van der Waals surface area contributed by atoms with Gasteiger partial charge in [0.1, 0.15) is 0 Å². The Morgan fingerprint density at radius 2 is 1.59 bits per heavy atom. The van der Waals surface area contributed by atoms with Crippen LogP contribution in [0.5, 0.6) is 0 Å². The molecule has 2 saturated heterocycles. The predicted molar refractivity (Wildman–Crippen MR) is 110 cm³/mol. The van der Waals surface area contributed by atoms with E-state index in [1.807, 2.05) is 0 Å². The first-order chi connectivity index (χ1) is 13.2. The summed E-state index contributed by atoms with van der Waals surface area (Å²) in [4.78, 5) is 22.3. The van der Waals surface area contributed by atoms with E-state index in [9.17, 15) is 4.79 Å². The Balaban J connectivity index is 1.21. The number of para-hydroxylation sites is 1. The summed E-state index contributed by atoms with van der Waals surface area (Å²) in [5, 5.41) is 0. The second-order valence-electron chi connectivity index (χ2n) is 8.40. The molecule has 2 heterocycles. The van der Waals surface area contributed by atoms with Crippen molar-refractivity contribution in [2.75, 3.05) is 63.8 Å². The minimum Gasteiger partial charge on any atom is -0.369 e. The zero-order chi connectivity index (χ0) is 18.6. The van der Waals surface area contributed by atoms with Crippen LogP contribution in [0.2, 0.25) is 0 Å². The Morgan fingerprint density at radius 1 is 0.926 bits per heavy atom. The van der Waals surface area contributed by atoms with Crippen LogP contribution in [0.15, 0.2) is 24.3 Å². The van der Waals surface area contributed by atoms with Crippen molar-refractivity contribution in [2.24, 2.45) is 0 Å². The average Bonchev–Trinajstić information content (AvgIpc) is 3.24. The van der Waals surface area contributed by atoms with E-state index in [2.05, 4.69) is 50.8 Å². The van der Waals surface area contributed by atoms with Gasteiger partial charge in [0, 0.05) is 64.1 Å². The molecular formula is C22H34N4O. The summed E-state index contributed by atoms with van der Waals surface area (Å²) in [7, 11) is 0. The molecule has 0 bridgehead atoms. The number of aryl methyl sites for hydroxylation is 1. The van der Waals surface area contributed by atoms with Crippen LogP contribution in [0.1, 0.15) is 31.2 Å². The third-order valence-electron chi connectivity index (χ3n) is 6.70. The van der Waals surface area contributed by atoms with Crippen molar-refractivity contribution in [1.82, 2.24) is 14.7 Å². The summed E-state index contributed by atoms with van der Waals surface area (Å²) in [5.74, 6) is 0.324. The molecule has 0 unspecified atom stereocenters. The Kier molecular flexibility index (Phi) is 5.98. The highest BCUT2D eigenvalue weighted by atomic mass is 16.2. The molecule has 1 saturated carbocycles. The fourth-order valence-electron chi connectivity index (χ4n) is 4.96. The van der Waals surface area contributed by atoms with Gasteiger partial charge in [0.05, 0.1) is 6.54 Å².